The highest BCUT2D eigenvalue weighted by atomic mass is 32.2. The van der Waals surface area contributed by atoms with Crippen LogP contribution in [0.1, 0.15) is 34.6 Å². The number of carboxylic acids is 1. The molecule has 3 unspecified atom stereocenters. The smallest absolute Gasteiger partial charge is 0.329 e. The Balaban J connectivity index is 1.47. The fraction of sp³-hybridized carbons (Fsp3) is 0.286. The Morgan fingerprint density at radius 3 is 2.55 bits per heavy atom. The molecule has 4 atom stereocenters. The number of thioether (sulfide) groups is 1. The molecule has 5 rings (SSSR count). The number of amides is 1. The molecule has 0 aliphatic heterocycles. The predicted octanol–water partition coefficient (Wildman–Crippen LogP) is 6.37. The molecule has 3 aromatic rings. The molecule has 0 aromatic heterocycles. The lowest BCUT2D eigenvalue weighted by molar-refractivity contribution is -0.144. The summed E-state index contributed by atoms with van der Waals surface area (Å²) in [6.45, 7) is 2.35. The van der Waals surface area contributed by atoms with Crippen molar-refractivity contribution < 1.29 is 23.5 Å². The number of aryl methyl sites for hydroxylation is 1. The normalized spacial score (nSPS) is 22.1. The van der Waals surface area contributed by atoms with Crippen molar-refractivity contribution in [2.45, 2.75) is 31.3 Å². The van der Waals surface area contributed by atoms with Gasteiger partial charge < -0.3 is 15.3 Å². The lowest BCUT2D eigenvalue weighted by Crippen LogP contribution is -2.48. The van der Waals surface area contributed by atoms with Gasteiger partial charge in [-0.1, -0.05) is 42.5 Å². The van der Waals surface area contributed by atoms with Gasteiger partial charge in [0.2, 0.25) is 5.91 Å². The van der Waals surface area contributed by atoms with Gasteiger partial charge in [0.15, 0.2) is 0 Å². The van der Waals surface area contributed by atoms with Gasteiger partial charge in [-0.15, -0.1) is 0 Å². The predicted molar refractivity (Wildman–Crippen MR) is 168 cm³/mol. The molecular formula is C35H33F2N3O3S. The van der Waals surface area contributed by atoms with Crippen molar-refractivity contribution >= 4 is 29.3 Å². The molecular weight excluding hydrogens is 580 g/mol. The van der Waals surface area contributed by atoms with Crippen molar-refractivity contribution in [2.24, 2.45) is 11.8 Å². The fourth-order valence-corrected chi connectivity index (χ4v) is 6.72. The first-order valence-corrected chi connectivity index (χ1v) is 15.7. The molecule has 3 aromatic carbocycles. The second-order valence-corrected chi connectivity index (χ2v) is 12.3. The quantitative estimate of drug-likeness (QED) is 0.261. The van der Waals surface area contributed by atoms with E-state index >= 15 is 0 Å². The topological polar surface area (TPSA) is 93.4 Å². The lowest BCUT2D eigenvalue weighted by Gasteiger charge is -2.31. The summed E-state index contributed by atoms with van der Waals surface area (Å²) in [5.41, 5.74) is 2.91. The minimum Gasteiger partial charge on any atom is -0.479 e. The SMILES string of the molecule is CSCC1C[C@]1(NC(=O)C1C=CC(CN(Cc2cc(F)ccc2F)c2ccc(C#N)cc2)=CC1c1ccccc1C)C(=O)O. The van der Waals surface area contributed by atoms with Crippen LogP contribution in [0.4, 0.5) is 14.5 Å². The van der Waals surface area contributed by atoms with E-state index in [0.717, 1.165) is 28.8 Å². The van der Waals surface area contributed by atoms with Crippen LogP contribution in [0, 0.1) is 41.7 Å². The van der Waals surface area contributed by atoms with Crippen LogP contribution in [0.3, 0.4) is 0 Å². The number of carbonyl (C=O) groups excluding carboxylic acids is 1. The molecule has 6 nitrogen and oxygen atoms in total. The molecule has 2 aliphatic rings. The molecule has 44 heavy (non-hydrogen) atoms. The van der Waals surface area contributed by atoms with Gasteiger partial charge in [0.1, 0.15) is 17.2 Å². The van der Waals surface area contributed by atoms with E-state index in [0.29, 0.717) is 30.0 Å². The molecule has 226 valence electrons. The monoisotopic (exact) mass is 613 g/mol. The van der Waals surface area contributed by atoms with Gasteiger partial charge in [-0.25, -0.2) is 13.6 Å². The second-order valence-electron chi connectivity index (χ2n) is 11.4. The molecule has 0 heterocycles. The first kappa shape index (κ1) is 31.0. The van der Waals surface area contributed by atoms with Gasteiger partial charge in [-0.3, -0.25) is 4.79 Å². The summed E-state index contributed by atoms with van der Waals surface area (Å²) in [5.74, 6) is -2.93. The van der Waals surface area contributed by atoms with E-state index in [9.17, 15) is 28.7 Å². The summed E-state index contributed by atoms with van der Waals surface area (Å²) >= 11 is 1.56. The van der Waals surface area contributed by atoms with E-state index in [-0.39, 0.29) is 29.9 Å². The lowest BCUT2D eigenvalue weighted by atomic mass is 9.78. The summed E-state index contributed by atoms with van der Waals surface area (Å²) in [6.07, 6.45) is 7.98. The van der Waals surface area contributed by atoms with Crippen LogP contribution in [0.25, 0.3) is 0 Å². The van der Waals surface area contributed by atoms with Crippen LogP contribution in [0.2, 0.25) is 0 Å². The van der Waals surface area contributed by atoms with Gasteiger partial charge in [0.05, 0.1) is 17.6 Å². The Bertz CT molecular complexity index is 1670. The maximum atomic E-state index is 14.7. The molecule has 1 saturated carbocycles. The van der Waals surface area contributed by atoms with Crippen molar-refractivity contribution in [3.63, 3.8) is 0 Å². The van der Waals surface area contributed by atoms with Crippen molar-refractivity contribution in [2.75, 3.05) is 23.5 Å². The Labute approximate surface area is 260 Å². The van der Waals surface area contributed by atoms with Crippen LogP contribution in [0.15, 0.2) is 90.5 Å². The van der Waals surface area contributed by atoms with Crippen LogP contribution >= 0.6 is 11.8 Å². The number of aliphatic carboxylic acids is 1. The van der Waals surface area contributed by atoms with E-state index in [1.54, 1.807) is 36.0 Å². The maximum Gasteiger partial charge on any atom is 0.329 e. The van der Waals surface area contributed by atoms with Crippen LogP contribution in [-0.4, -0.2) is 41.1 Å². The van der Waals surface area contributed by atoms with Crippen molar-refractivity contribution in [1.29, 1.82) is 5.26 Å². The number of halogens is 2. The summed E-state index contributed by atoms with van der Waals surface area (Å²) in [7, 11) is 0. The molecule has 2 N–H and O–H groups in total. The van der Waals surface area contributed by atoms with Crippen LogP contribution in [0.5, 0.6) is 0 Å². The molecule has 9 heteroatoms. The summed E-state index contributed by atoms with van der Waals surface area (Å²) in [5, 5.41) is 22.1. The molecule has 1 fully saturated rings. The van der Waals surface area contributed by atoms with Gasteiger partial charge in [0, 0.05) is 36.2 Å². The number of carboxylic acid groups (broad SMARTS) is 1. The molecule has 0 radical (unpaired) electrons. The average molecular weight is 614 g/mol. The highest BCUT2D eigenvalue weighted by molar-refractivity contribution is 7.98. The number of hydrogen-bond donors (Lipinski definition) is 2. The highest BCUT2D eigenvalue weighted by Gasteiger charge is 2.61. The average Bonchev–Trinajstić information content (AvgIpc) is 3.72. The third kappa shape index (κ3) is 6.56. The number of carbonyl (C=O) groups is 2. The number of anilines is 1. The number of benzene rings is 3. The molecule has 1 amide bonds. The maximum absolute atomic E-state index is 14.7. The second kappa shape index (κ2) is 13.1. The number of allylic oxidation sites excluding steroid dienone is 1. The van der Waals surface area contributed by atoms with Crippen LogP contribution < -0.4 is 10.2 Å². The third-order valence-electron chi connectivity index (χ3n) is 8.45. The van der Waals surface area contributed by atoms with E-state index in [1.165, 1.54) is 6.07 Å². The number of nitrogens with one attached hydrogen (secondary N) is 1. The molecule has 2 aliphatic carbocycles. The summed E-state index contributed by atoms with van der Waals surface area (Å²) in [4.78, 5) is 27.8. The summed E-state index contributed by atoms with van der Waals surface area (Å²) in [6, 6.07) is 20.1. The minimum atomic E-state index is -1.25. The fourth-order valence-electron chi connectivity index (χ4n) is 5.92. The zero-order valence-electron chi connectivity index (χ0n) is 24.5. The standard InChI is InChI=1S/C35H33F2N3O3S/c1-22-5-3-4-6-29(22)31-15-24(9-13-30(31)33(41)39-35(34(42)43)17-26(35)21-44-2)19-40(28-11-7-23(18-38)8-12-28)20-25-16-27(36)10-14-32(25)37/h3-16,26,30-31H,17,19-21H2,1-2H3,(H,39,41)(H,42,43)/t26?,30?,31?,35-/m1/s1. The zero-order chi connectivity index (χ0) is 31.4. The molecule has 0 spiro atoms. The number of nitriles is 1. The first-order valence-electron chi connectivity index (χ1n) is 14.3. The van der Waals surface area contributed by atoms with Gasteiger partial charge in [-0.2, -0.15) is 17.0 Å². The molecule has 0 saturated heterocycles. The van der Waals surface area contributed by atoms with E-state index in [1.807, 2.05) is 60.6 Å². The van der Waals surface area contributed by atoms with Gasteiger partial charge in [-0.05, 0) is 84.5 Å². The van der Waals surface area contributed by atoms with Crippen molar-refractivity contribution in [1.82, 2.24) is 5.32 Å². The largest absolute Gasteiger partial charge is 0.479 e. The van der Waals surface area contributed by atoms with Crippen LogP contribution in [-0.2, 0) is 16.1 Å². The third-order valence-corrected chi connectivity index (χ3v) is 9.19. The molecule has 0 bridgehead atoms. The van der Waals surface area contributed by atoms with Crippen molar-refractivity contribution in [3.8, 4) is 6.07 Å². The Hall–Kier alpha value is -4.42. The zero-order valence-corrected chi connectivity index (χ0v) is 25.3. The van der Waals surface area contributed by atoms with E-state index in [2.05, 4.69) is 11.4 Å². The minimum absolute atomic E-state index is 0.0670. The van der Waals surface area contributed by atoms with Gasteiger partial charge in [0.25, 0.3) is 0 Å². The Morgan fingerprint density at radius 2 is 1.86 bits per heavy atom. The van der Waals surface area contributed by atoms with E-state index < -0.39 is 29.1 Å². The first-order chi connectivity index (χ1) is 21.1. The Kier molecular flexibility index (Phi) is 9.21. The van der Waals surface area contributed by atoms with Gasteiger partial charge >= 0.3 is 5.97 Å². The van der Waals surface area contributed by atoms with E-state index in [4.69, 9.17) is 0 Å². The number of hydrogen-bond acceptors (Lipinski definition) is 5. The number of nitrogens with zero attached hydrogens (tertiary/aromatic N) is 2. The highest BCUT2D eigenvalue weighted by Crippen LogP contribution is 2.46. The number of rotatable bonds is 11. The Morgan fingerprint density at radius 1 is 1.11 bits per heavy atom. The van der Waals surface area contributed by atoms with Crippen molar-refractivity contribution in [3.05, 3.63) is 124 Å². The summed E-state index contributed by atoms with van der Waals surface area (Å²) < 4.78 is 28.8.